The number of carbonyl (C=O) groups excluding carboxylic acids is 2. The van der Waals surface area contributed by atoms with Crippen molar-refractivity contribution in [2.45, 2.75) is 6.92 Å². The fourth-order valence-corrected chi connectivity index (χ4v) is 2.46. The third-order valence-electron chi connectivity index (χ3n) is 3.77. The van der Waals surface area contributed by atoms with Crippen molar-refractivity contribution in [1.82, 2.24) is 10.4 Å². The van der Waals surface area contributed by atoms with Crippen LogP contribution in [0.3, 0.4) is 0 Å². The lowest BCUT2D eigenvalue weighted by atomic mass is 10.1. The number of aryl methyl sites for hydroxylation is 1. The van der Waals surface area contributed by atoms with Crippen LogP contribution in [-0.4, -0.2) is 23.0 Å². The first-order chi connectivity index (χ1) is 13.1. The zero-order chi connectivity index (χ0) is 19.1. The number of pyridine rings is 1. The molecule has 0 spiro atoms. The molecular weight excluding hydrogens is 340 g/mol. The average Bonchev–Trinajstić information content (AvgIpc) is 2.69. The minimum Gasteiger partial charge on any atom is -0.321 e. The van der Waals surface area contributed by atoms with E-state index < -0.39 is 5.91 Å². The van der Waals surface area contributed by atoms with Gasteiger partial charge in [0.05, 0.1) is 23.0 Å². The van der Waals surface area contributed by atoms with E-state index in [1.54, 1.807) is 48.8 Å². The van der Waals surface area contributed by atoms with Gasteiger partial charge in [0.25, 0.3) is 11.8 Å². The van der Waals surface area contributed by atoms with Crippen LogP contribution in [0.25, 0.3) is 0 Å². The molecule has 2 aromatic carbocycles. The van der Waals surface area contributed by atoms with E-state index in [0.717, 1.165) is 11.1 Å². The average molecular weight is 358 g/mol. The molecule has 134 valence electrons. The Morgan fingerprint density at radius 1 is 1.00 bits per heavy atom. The standard InChI is InChI=1S/C21H18N4O2/c1-15-6-4-7-16(12-15)13-23-25-21(27)18-9-2-3-10-19(18)24-20(26)17-8-5-11-22-14-17/h2-14H,1H3,(H,24,26)(H,25,27). The molecule has 2 amide bonds. The number of para-hydroxylation sites is 1. The molecule has 0 saturated carbocycles. The maximum absolute atomic E-state index is 12.5. The van der Waals surface area contributed by atoms with Gasteiger partial charge in [0.1, 0.15) is 0 Å². The Morgan fingerprint density at radius 2 is 1.85 bits per heavy atom. The molecular formula is C21H18N4O2. The number of hydrogen-bond acceptors (Lipinski definition) is 4. The molecule has 2 N–H and O–H groups in total. The van der Waals surface area contributed by atoms with Crippen molar-refractivity contribution >= 4 is 23.7 Å². The van der Waals surface area contributed by atoms with Crippen LogP contribution in [0.2, 0.25) is 0 Å². The van der Waals surface area contributed by atoms with Crippen LogP contribution < -0.4 is 10.7 Å². The van der Waals surface area contributed by atoms with Gasteiger partial charge in [0, 0.05) is 12.4 Å². The van der Waals surface area contributed by atoms with Gasteiger partial charge in [-0.1, -0.05) is 42.0 Å². The summed E-state index contributed by atoms with van der Waals surface area (Å²) in [5.74, 6) is -0.757. The molecule has 0 radical (unpaired) electrons. The van der Waals surface area contributed by atoms with E-state index in [9.17, 15) is 9.59 Å². The first kappa shape index (κ1) is 18.0. The van der Waals surface area contributed by atoms with E-state index in [-0.39, 0.29) is 5.91 Å². The normalized spacial score (nSPS) is 10.6. The van der Waals surface area contributed by atoms with Crippen LogP contribution in [0.5, 0.6) is 0 Å². The molecule has 0 aliphatic carbocycles. The smallest absolute Gasteiger partial charge is 0.273 e. The summed E-state index contributed by atoms with van der Waals surface area (Å²) in [6.45, 7) is 1.98. The van der Waals surface area contributed by atoms with Gasteiger partial charge in [-0.25, -0.2) is 5.43 Å². The first-order valence-electron chi connectivity index (χ1n) is 8.34. The van der Waals surface area contributed by atoms with E-state index in [1.807, 2.05) is 31.2 Å². The Morgan fingerprint density at radius 3 is 2.63 bits per heavy atom. The molecule has 6 nitrogen and oxygen atoms in total. The number of benzene rings is 2. The van der Waals surface area contributed by atoms with Crippen molar-refractivity contribution in [3.63, 3.8) is 0 Å². The zero-order valence-corrected chi connectivity index (χ0v) is 14.7. The highest BCUT2D eigenvalue weighted by Crippen LogP contribution is 2.16. The molecule has 1 aromatic heterocycles. The van der Waals surface area contributed by atoms with E-state index in [1.165, 1.54) is 6.20 Å². The highest BCUT2D eigenvalue weighted by Gasteiger charge is 2.13. The van der Waals surface area contributed by atoms with Crippen LogP contribution in [0.1, 0.15) is 31.8 Å². The quantitative estimate of drug-likeness (QED) is 0.541. The van der Waals surface area contributed by atoms with Crippen molar-refractivity contribution in [3.05, 3.63) is 95.3 Å². The van der Waals surface area contributed by atoms with Gasteiger partial charge in [-0.2, -0.15) is 5.10 Å². The second kappa shape index (κ2) is 8.53. The molecule has 0 fully saturated rings. The molecule has 0 saturated heterocycles. The minimum atomic E-state index is -0.416. The van der Waals surface area contributed by atoms with Crippen molar-refractivity contribution < 1.29 is 9.59 Å². The third-order valence-corrected chi connectivity index (χ3v) is 3.77. The van der Waals surface area contributed by atoms with Gasteiger partial charge in [-0.15, -0.1) is 0 Å². The molecule has 0 unspecified atom stereocenters. The summed E-state index contributed by atoms with van der Waals surface area (Å²) >= 11 is 0. The van der Waals surface area contributed by atoms with Gasteiger partial charge in [-0.3, -0.25) is 14.6 Å². The number of nitrogens with zero attached hydrogens (tertiary/aromatic N) is 2. The molecule has 0 atom stereocenters. The lowest BCUT2D eigenvalue weighted by Crippen LogP contribution is -2.21. The maximum Gasteiger partial charge on any atom is 0.273 e. The van der Waals surface area contributed by atoms with Crippen molar-refractivity contribution in [1.29, 1.82) is 0 Å². The Labute approximate surface area is 157 Å². The number of hydrogen-bond donors (Lipinski definition) is 2. The minimum absolute atomic E-state index is 0.316. The summed E-state index contributed by atoms with van der Waals surface area (Å²) in [7, 11) is 0. The number of amides is 2. The van der Waals surface area contributed by atoms with Crippen molar-refractivity contribution in [3.8, 4) is 0 Å². The highest BCUT2D eigenvalue weighted by atomic mass is 16.2. The summed E-state index contributed by atoms with van der Waals surface area (Å²) < 4.78 is 0. The number of hydrazone groups is 1. The van der Waals surface area contributed by atoms with E-state index in [0.29, 0.717) is 16.8 Å². The molecule has 1 heterocycles. The Hall–Kier alpha value is -3.80. The molecule has 3 aromatic rings. The van der Waals surface area contributed by atoms with E-state index >= 15 is 0 Å². The summed E-state index contributed by atoms with van der Waals surface area (Å²) in [6.07, 6.45) is 4.62. The number of aromatic nitrogens is 1. The maximum atomic E-state index is 12.5. The van der Waals surface area contributed by atoms with E-state index in [2.05, 4.69) is 20.8 Å². The molecule has 3 rings (SSSR count). The van der Waals surface area contributed by atoms with Gasteiger partial charge in [0.15, 0.2) is 0 Å². The number of anilines is 1. The first-order valence-corrected chi connectivity index (χ1v) is 8.34. The number of carbonyl (C=O) groups is 2. The zero-order valence-electron chi connectivity index (χ0n) is 14.7. The third kappa shape index (κ3) is 4.85. The predicted octanol–water partition coefficient (Wildman–Crippen LogP) is 3.41. The van der Waals surface area contributed by atoms with Crippen LogP contribution in [0.15, 0.2) is 78.2 Å². The largest absolute Gasteiger partial charge is 0.321 e. The lowest BCUT2D eigenvalue weighted by Gasteiger charge is -2.09. The Kier molecular flexibility index (Phi) is 5.69. The SMILES string of the molecule is Cc1cccc(C=NNC(=O)c2ccccc2NC(=O)c2cccnc2)c1. The summed E-state index contributed by atoms with van der Waals surface area (Å²) in [4.78, 5) is 28.7. The highest BCUT2D eigenvalue weighted by molar-refractivity contribution is 6.08. The Bertz CT molecular complexity index is 984. The molecule has 27 heavy (non-hydrogen) atoms. The van der Waals surface area contributed by atoms with Gasteiger partial charge in [0.2, 0.25) is 0 Å². The van der Waals surface area contributed by atoms with Crippen molar-refractivity contribution in [2.24, 2.45) is 5.10 Å². The fraction of sp³-hybridized carbons (Fsp3) is 0.0476. The van der Waals surface area contributed by atoms with Gasteiger partial charge in [-0.05, 0) is 36.8 Å². The van der Waals surface area contributed by atoms with Gasteiger partial charge < -0.3 is 5.32 Å². The molecule has 6 heteroatoms. The summed E-state index contributed by atoms with van der Waals surface area (Å²) in [6, 6.07) is 17.8. The van der Waals surface area contributed by atoms with Crippen LogP contribution in [-0.2, 0) is 0 Å². The predicted molar refractivity (Wildman–Crippen MR) is 105 cm³/mol. The molecule has 0 aliphatic heterocycles. The lowest BCUT2D eigenvalue weighted by molar-refractivity contribution is 0.0956. The number of nitrogens with one attached hydrogen (secondary N) is 2. The second-order valence-corrected chi connectivity index (χ2v) is 5.85. The Balaban J connectivity index is 1.71. The topological polar surface area (TPSA) is 83.5 Å². The van der Waals surface area contributed by atoms with Crippen molar-refractivity contribution in [2.75, 3.05) is 5.32 Å². The molecule has 0 bridgehead atoms. The fourth-order valence-electron chi connectivity index (χ4n) is 2.46. The number of rotatable bonds is 5. The molecule has 0 aliphatic rings. The van der Waals surface area contributed by atoms with Crippen LogP contribution in [0.4, 0.5) is 5.69 Å². The summed E-state index contributed by atoms with van der Waals surface area (Å²) in [5.41, 5.74) is 5.60. The summed E-state index contributed by atoms with van der Waals surface area (Å²) in [5, 5.41) is 6.72. The van der Waals surface area contributed by atoms with E-state index in [4.69, 9.17) is 0 Å². The second-order valence-electron chi connectivity index (χ2n) is 5.85. The monoisotopic (exact) mass is 358 g/mol. The van der Waals surface area contributed by atoms with Crippen LogP contribution >= 0.6 is 0 Å². The van der Waals surface area contributed by atoms with Crippen LogP contribution in [0, 0.1) is 6.92 Å². The van der Waals surface area contributed by atoms with Gasteiger partial charge >= 0.3 is 0 Å².